The van der Waals surface area contributed by atoms with Crippen molar-refractivity contribution in [2.24, 2.45) is 5.92 Å². The SMILES string of the molecule is Cc1cc(C)c(C(=O)C(O)C(C)C)c(F)c1. The van der Waals surface area contributed by atoms with Crippen LogP contribution in [0.1, 0.15) is 35.3 Å². The fourth-order valence-corrected chi connectivity index (χ4v) is 1.68. The van der Waals surface area contributed by atoms with Gasteiger partial charge < -0.3 is 5.11 Å². The van der Waals surface area contributed by atoms with E-state index in [0.717, 1.165) is 5.56 Å². The quantitative estimate of drug-likeness (QED) is 0.801. The molecular weight excluding hydrogens is 207 g/mol. The molecule has 1 N–H and O–H groups in total. The van der Waals surface area contributed by atoms with Gasteiger partial charge in [-0.15, -0.1) is 0 Å². The summed E-state index contributed by atoms with van der Waals surface area (Å²) in [5, 5.41) is 9.65. The van der Waals surface area contributed by atoms with Gasteiger partial charge >= 0.3 is 0 Å². The Labute approximate surface area is 95.1 Å². The lowest BCUT2D eigenvalue weighted by molar-refractivity contribution is 0.0642. The number of aryl methyl sites for hydroxylation is 2. The van der Waals surface area contributed by atoms with Gasteiger partial charge in [-0.3, -0.25) is 4.79 Å². The van der Waals surface area contributed by atoms with Gasteiger partial charge in [-0.05, 0) is 37.0 Å². The number of halogens is 1. The molecule has 0 spiro atoms. The Hall–Kier alpha value is -1.22. The minimum absolute atomic E-state index is 0.00630. The molecule has 1 aromatic rings. The molecule has 0 aromatic heterocycles. The van der Waals surface area contributed by atoms with Crippen LogP contribution in [-0.2, 0) is 0 Å². The van der Waals surface area contributed by atoms with Crippen molar-refractivity contribution >= 4 is 5.78 Å². The molecule has 0 radical (unpaired) electrons. The summed E-state index contributed by atoms with van der Waals surface area (Å²) in [7, 11) is 0. The molecule has 0 aliphatic carbocycles. The molecule has 0 amide bonds. The lowest BCUT2D eigenvalue weighted by Gasteiger charge is -2.15. The van der Waals surface area contributed by atoms with Gasteiger partial charge in [0.25, 0.3) is 0 Å². The van der Waals surface area contributed by atoms with Crippen LogP contribution in [0.3, 0.4) is 0 Å². The number of carbonyl (C=O) groups is 1. The Morgan fingerprint density at radius 2 is 1.88 bits per heavy atom. The normalized spacial score (nSPS) is 12.9. The minimum atomic E-state index is -1.14. The molecule has 0 fully saturated rings. The van der Waals surface area contributed by atoms with E-state index in [0.29, 0.717) is 5.56 Å². The third-order valence-corrected chi connectivity index (χ3v) is 2.58. The summed E-state index contributed by atoms with van der Waals surface area (Å²) >= 11 is 0. The Morgan fingerprint density at radius 3 is 2.31 bits per heavy atom. The van der Waals surface area contributed by atoms with Gasteiger partial charge in [0.15, 0.2) is 5.78 Å². The second-order valence-corrected chi connectivity index (χ2v) is 4.49. The van der Waals surface area contributed by atoms with Gasteiger partial charge in [0.1, 0.15) is 11.9 Å². The van der Waals surface area contributed by atoms with Gasteiger partial charge in [0.05, 0.1) is 5.56 Å². The molecule has 0 saturated heterocycles. The van der Waals surface area contributed by atoms with E-state index in [1.807, 2.05) is 0 Å². The van der Waals surface area contributed by atoms with Crippen molar-refractivity contribution in [3.63, 3.8) is 0 Å². The maximum atomic E-state index is 13.7. The number of aliphatic hydroxyl groups excluding tert-OH is 1. The molecule has 88 valence electrons. The zero-order chi connectivity index (χ0) is 12.5. The molecule has 1 rings (SSSR count). The molecule has 1 unspecified atom stereocenters. The van der Waals surface area contributed by atoms with Crippen molar-refractivity contribution in [3.8, 4) is 0 Å². The van der Waals surface area contributed by atoms with Crippen LogP contribution in [0.2, 0.25) is 0 Å². The van der Waals surface area contributed by atoms with Crippen molar-refractivity contribution in [1.29, 1.82) is 0 Å². The van der Waals surface area contributed by atoms with E-state index in [4.69, 9.17) is 0 Å². The number of Topliss-reactive ketones (excluding diaryl/α,β-unsaturated/α-hetero) is 1. The third-order valence-electron chi connectivity index (χ3n) is 2.58. The van der Waals surface area contributed by atoms with Gasteiger partial charge in [-0.25, -0.2) is 4.39 Å². The molecule has 0 saturated carbocycles. The molecule has 0 aliphatic rings. The average Bonchev–Trinajstić information content (AvgIpc) is 2.14. The van der Waals surface area contributed by atoms with Crippen LogP contribution in [0, 0.1) is 25.6 Å². The molecule has 0 aliphatic heterocycles. The summed E-state index contributed by atoms with van der Waals surface area (Å²) in [6, 6.07) is 3.05. The summed E-state index contributed by atoms with van der Waals surface area (Å²) < 4.78 is 13.7. The van der Waals surface area contributed by atoms with Gasteiger partial charge in [0, 0.05) is 0 Å². The van der Waals surface area contributed by atoms with Crippen LogP contribution in [-0.4, -0.2) is 17.0 Å². The van der Waals surface area contributed by atoms with Crippen molar-refractivity contribution in [2.45, 2.75) is 33.8 Å². The minimum Gasteiger partial charge on any atom is -0.385 e. The highest BCUT2D eigenvalue weighted by atomic mass is 19.1. The Balaban J connectivity index is 3.19. The maximum absolute atomic E-state index is 13.7. The van der Waals surface area contributed by atoms with Crippen molar-refractivity contribution in [2.75, 3.05) is 0 Å². The van der Waals surface area contributed by atoms with E-state index < -0.39 is 17.7 Å². The first-order valence-corrected chi connectivity index (χ1v) is 5.33. The smallest absolute Gasteiger partial charge is 0.194 e. The first-order chi connectivity index (χ1) is 7.34. The first-order valence-electron chi connectivity index (χ1n) is 5.33. The van der Waals surface area contributed by atoms with Gasteiger partial charge in [-0.1, -0.05) is 19.9 Å². The number of hydrogen-bond acceptors (Lipinski definition) is 2. The average molecular weight is 224 g/mol. The lowest BCUT2D eigenvalue weighted by atomic mass is 9.93. The van der Waals surface area contributed by atoms with Gasteiger partial charge in [0.2, 0.25) is 0 Å². The molecule has 3 heteroatoms. The monoisotopic (exact) mass is 224 g/mol. The van der Waals surface area contributed by atoms with Crippen molar-refractivity contribution < 1.29 is 14.3 Å². The van der Waals surface area contributed by atoms with E-state index in [1.54, 1.807) is 33.8 Å². The summed E-state index contributed by atoms with van der Waals surface area (Å²) in [6.45, 7) is 6.90. The molecule has 0 heterocycles. The van der Waals surface area contributed by atoms with Crippen LogP contribution in [0.15, 0.2) is 12.1 Å². The van der Waals surface area contributed by atoms with Gasteiger partial charge in [-0.2, -0.15) is 0 Å². The summed E-state index contributed by atoms with van der Waals surface area (Å²) in [6.07, 6.45) is -1.14. The lowest BCUT2D eigenvalue weighted by Crippen LogP contribution is -2.27. The number of benzene rings is 1. The van der Waals surface area contributed by atoms with Crippen LogP contribution < -0.4 is 0 Å². The predicted molar refractivity (Wildman–Crippen MR) is 61.0 cm³/mol. The highest BCUT2D eigenvalue weighted by Crippen LogP contribution is 2.19. The maximum Gasteiger partial charge on any atom is 0.194 e. The topological polar surface area (TPSA) is 37.3 Å². The van der Waals surface area contributed by atoms with E-state index in [-0.39, 0.29) is 11.5 Å². The zero-order valence-corrected chi connectivity index (χ0v) is 10.0. The first kappa shape index (κ1) is 12.8. The van der Waals surface area contributed by atoms with Crippen LogP contribution in [0.25, 0.3) is 0 Å². The largest absolute Gasteiger partial charge is 0.385 e. The molecule has 2 nitrogen and oxygen atoms in total. The number of carbonyl (C=O) groups excluding carboxylic acids is 1. The van der Waals surface area contributed by atoms with Crippen LogP contribution in [0.5, 0.6) is 0 Å². The van der Waals surface area contributed by atoms with E-state index in [9.17, 15) is 14.3 Å². The predicted octanol–water partition coefficient (Wildman–Crippen LogP) is 2.64. The van der Waals surface area contributed by atoms with Crippen LogP contribution >= 0.6 is 0 Å². The van der Waals surface area contributed by atoms with Crippen molar-refractivity contribution in [1.82, 2.24) is 0 Å². The highest BCUT2D eigenvalue weighted by Gasteiger charge is 2.24. The number of hydrogen-bond donors (Lipinski definition) is 1. The highest BCUT2D eigenvalue weighted by molar-refractivity contribution is 6.01. The molecule has 1 atom stereocenters. The number of aliphatic hydroxyl groups is 1. The number of rotatable bonds is 3. The standard InChI is InChI=1S/C13H17FO2/c1-7(2)12(15)13(16)11-9(4)5-8(3)6-10(11)14/h5-7,12,15H,1-4H3. The Morgan fingerprint density at radius 1 is 1.31 bits per heavy atom. The van der Waals surface area contributed by atoms with Crippen LogP contribution in [0.4, 0.5) is 4.39 Å². The van der Waals surface area contributed by atoms with E-state index >= 15 is 0 Å². The fourth-order valence-electron chi connectivity index (χ4n) is 1.68. The molecule has 1 aromatic carbocycles. The second kappa shape index (κ2) is 4.74. The summed E-state index contributed by atoms with van der Waals surface area (Å²) in [5.41, 5.74) is 1.35. The Kier molecular flexibility index (Phi) is 3.81. The molecule has 16 heavy (non-hydrogen) atoms. The summed E-state index contributed by atoms with van der Waals surface area (Å²) in [5.74, 6) is -1.31. The van der Waals surface area contributed by atoms with E-state index in [1.165, 1.54) is 6.07 Å². The second-order valence-electron chi connectivity index (χ2n) is 4.49. The molecule has 0 bridgehead atoms. The molecular formula is C13H17FO2. The zero-order valence-electron chi connectivity index (χ0n) is 10.0. The third kappa shape index (κ3) is 2.47. The summed E-state index contributed by atoms with van der Waals surface area (Å²) in [4.78, 5) is 11.8. The van der Waals surface area contributed by atoms with E-state index in [2.05, 4.69) is 0 Å². The van der Waals surface area contributed by atoms with Crippen molar-refractivity contribution in [3.05, 3.63) is 34.6 Å². The Bertz CT molecular complexity index is 387. The fraction of sp³-hybridized carbons (Fsp3) is 0.462. The number of ketones is 1.